The summed E-state index contributed by atoms with van der Waals surface area (Å²) in [6, 6.07) is 27.5. The van der Waals surface area contributed by atoms with E-state index < -0.39 is 0 Å². The van der Waals surface area contributed by atoms with Crippen molar-refractivity contribution in [1.29, 1.82) is 0 Å². The first-order chi connectivity index (χ1) is 15.7. The van der Waals surface area contributed by atoms with Crippen LogP contribution in [0, 0.1) is 0 Å². The van der Waals surface area contributed by atoms with E-state index in [2.05, 4.69) is 22.2 Å². The molecule has 0 heterocycles. The zero-order valence-electron chi connectivity index (χ0n) is 17.9. The molecular weight excluding hydrogens is 398 g/mol. The highest BCUT2D eigenvalue weighted by Crippen LogP contribution is 2.17. The number of aliphatic imine (C=N–C) groups is 1. The number of aryl methyl sites for hydroxylation is 1. The van der Waals surface area contributed by atoms with Gasteiger partial charge >= 0.3 is 0 Å². The van der Waals surface area contributed by atoms with Crippen molar-refractivity contribution in [2.75, 3.05) is 11.9 Å². The number of anilines is 1. The molecule has 3 aromatic carbocycles. The number of nitrogens with one attached hydrogen (secondary N) is 2. The van der Waals surface area contributed by atoms with Gasteiger partial charge in [0.1, 0.15) is 5.75 Å². The van der Waals surface area contributed by atoms with Crippen LogP contribution in [0.3, 0.4) is 0 Å². The highest BCUT2D eigenvalue weighted by Gasteiger charge is 2.01. The van der Waals surface area contributed by atoms with Crippen molar-refractivity contribution in [3.8, 4) is 5.75 Å². The molecule has 32 heavy (non-hydrogen) atoms. The molecule has 3 rings (SSSR count). The van der Waals surface area contributed by atoms with Crippen molar-refractivity contribution in [2.45, 2.75) is 12.8 Å². The molecule has 5 heteroatoms. The molecule has 0 spiro atoms. The predicted molar refractivity (Wildman–Crippen MR) is 131 cm³/mol. The number of amides is 1. The van der Waals surface area contributed by atoms with Crippen molar-refractivity contribution >= 4 is 23.5 Å². The lowest BCUT2D eigenvalue weighted by molar-refractivity contribution is -0.116. The highest BCUT2D eigenvalue weighted by atomic mass is 16.5. The number of carbonyl (C=O) groups excluding carboxylic acids is 1. The van der Waals surface area contributed by atoms with E-state index in [1.807, 2.05) is 84.9 Å². The molecule has 0 aliphatic rings. The van der Waals surface area contributed by atoms with Gasteiger partial charge in [-0.25, -0.2) is 0 Å². The summed E-state index contributed by atoms with van der Waals surface area (Å²) < 4.78 is 6.07. The predicted octanol–water partition coefficient (Wildman–Crippen LogP) is 5.66. The van der Waals surface area contributed by atoms with E-state index in [4.69, 9.17) is 4.74 Å². The summed E-state index contributed by atoms with van der Waals surface area (Å²) in [5.74, 6) is 1.15. The summed E-state index contributed by atoms with van der Waals surface area (Å²) in [6.45, 7) is 4.07. The minimum Gasteiger partial charge on any atom is -0.454 e. The molecular formula is C27H27N3O2. The van der Waals surface area contributed by atoms with Gasteiger partial charge in [0.2, 0.25) is 5.91 Å². The van der Waals surface area contributed by atoms with Crippen LogP contribution in [0.25, 0.3) is 0 Å². The zero-order valence-corrected chi connectivity index (χ0v) is 17.9. The Morgan fingerprint density at radius 1 is 0.938 bits per heavy atom. The number of hydrogen-bond acceptors (Lipinski definition) is 4. The van der Waals surface area contributed by atoms with Gasteiger partial charge in [0.05, 0.1) is 11.9 Å². The summed E-state index contributed by atoms with van der Waals surface area (Å²) >= 11 is 0. The largest absolute Gasteiger partial charge is 0.454 e. The third-order valence-corrected chi connectivity index (χ3v) is 4.54. The first-order valence-electron chi connectivity index (χ1n) is 10.5. The minimum absolute atomic E-state index is 0.144. The number of ether oxygens (including phenoxy) is 1. The fourth-order valence-electron chi connectivity index (χ4n) is 2.87. The van der Waals surface area contributed by atoms with Crippen LogP contribution < -0.4 is 15.4 Å². The third-order valence-electron chi connectivity index (χ3n) is 4.54. The number of rotatable bonds is 11. The monoisotopic (exact) mass is 425 g/mol. The molecule has 0 aromatic heterocycles. The van der Waals surface area contributed by atoms with Gasteiger partial charge in [-0.2, -0.15) is 0 Å². The van der Waals surface area contributed by atoms with Crippen LogP contribution in [0.2, 0.25) is 0 Å². The molecule has 2 N–H and O–H groups in total. The smallest absolute Gasteiger partial charge is 0.243 e. The van der Waals surface area contributed by atoms with E-state index in [1.165, 1.54) is 11.6 Å². The summed E-state index contributed by atoms with van der Waals surface area (Å²) in [7, 11) is 0. The second-order valence-electron chi connectivity index (χ2n) is 7.00. The summed E-state index contributed by atoms with van der Waals surface area (Å²) in [4.78, 5) is 15.7. The van der Waals surface area contributed by atoms with E-state index in [0.29, 0.717) is 18.1 Å². The first-order valence-corrected chi connectivity index (χ1v) is 10.5. The van der Waals surface area contributed by atoms with Crippen LogP contribution >= 0.6 is 0 Å². The van der Waals surface area contributed by atoms with Crippen LogP contribution in [0.1, 0.15) is 12.0 Å². The number of allylic oxidation sites excluding steroid dienone is 1. The lowest BCUT2D eigenvalue weighted by atomic mass is 10.1. The third kappa shape index (κ3) is 7.95. The van der Waals surface area contributed by atoms with Crippen LogP contribution in [0.5, 0.6) is 5.75 Å². The summed E-state index contributed by atoms with van der Waals surface area (Å²) in [5, 5.41) is 6.03. The molecule has 0 atom stereocenters. The molecule has 0 saturated heterocycles. The van der Waals surface area contributed by atoms with Gasteiger partial charge in [-0.3, -0.25) is 9.79 Å². The van der Waals surface area contributed by atoms with E-state index in [1.54, 1.807) is 12.4 Å². The average Bonchev–Trinajstić information content (AvgIpc) is 2.85. The van der Waals surface area contributed by atoms with Gasteiger partial charge in [0, 0.05) is 18.4 Å². The topological polar surface area (TPSA) is 62.7 Å². The molecule has 5 nitrogen and oxygen atoms in total. The number of nitrogens with zero attached hydrogens (tertiary/aromatic N) is 1. The van der Waals surface area contributed by atoms with Gasteiger partial charge in [-0.05, 0) is 60.9 Å². The normalized spacial score (nSPS) is 11.2. The first kappa shape index (κ1) is 22.6. The number of benzene rings is 3. The van der Waals surface area contributed by atoms with E-state index in [-0.39, 0.29) is 5.91 Å². The Morgan fingerprint density at radius 2 is 1.62 bits per heavy atom. The van der Waals surface area contributed by atoms with E-state index >= 15 is 0 Å². The summed E-state index contributed by atoms with van der Waals surface area (Å²) in [5.41, 5.74) is 2.98. The van der Waals surface area contributed by atoms with Crippen LogP contribution in [-0.4, -0.2) is 18.7 Å². The molecule has 0 unspecified atom stereocenters. The van der Waals surface area contributed by atoms with E-state index in [9.17, 15) is 4.79 Å². The Balaban J connectivity index is 1.63. The van der Waals surface area contributed by atoms with Crippen molar-refractivity contribution < 1.29 is 9.53 Å². The Labute approximate surface area is 189 Å². The standard InChI is InChI=1S/C27H27N3O2/c1-2-27(31)28-19-9-10-22-15-17-25(18-16-22)32-26(20-29-23-11-5-3-6-12-23)21-30-24-13-7-4-8-14-24/h2-8,11-18,20-21,29H,1,9-10,19H2,(H,28,31)/b26-20-,30-21?. The highest BCUT2D eigenvalue weighted by molar-refractivity contribution is 5.86. The van der Waals surface area contributed by atoms with Crippen molar-refractivity contribution in [2.24, 2.45) is 4.99 Å². The number of hydrogen-bond donors (Lipinski definition) is 2. The van der Waals surface area contributed by atoms with Crippen LogP contribution in [0.15, 0.2) is 115 Å². The Morgan fingerprint density at radius 3 is 2.31 bits per heavy atom. The average molecular weight is 426 g/mol. The maximum Gasteiger partial charge on any atom is 0.243 e. The SMILES string of the molecule is C=CC(=O)NCCCc1ccc(O/C(C=Nc2ccccc2)=C\Nc2ccccc2)cc1. The summed E-state index contributed by atoms with van der Waals surface area (Å²) in [6.07, 6.45) is 6.49. The minimum atomic E-state index is -0.144. The molecule has 162 valence electrons. The molecule has 0 radical (unpaired) electrons. The Bertz CT molecular complexity index is 1040. The Hall–Kier alpha value is -4.12. The van der Waals surface area contributed by atoms with Gasteiger partial charge < -0.3 is 15.4 Å². The Kier molecular flexibility index (Phi) is 8.85. The maximum absolute atomic E-state index is 11.2. The van der Waals surface area contributed by atoms with E-state index in [0.717, 1.165) is 24.2 Å². The molecule has 0 aliphatic heterocycles. The molecule has 3 aromatic rings. The fraction of sp³-hybridized carbons (Fsp3) is 0.111. The zero-order chi connectivity index (χ0) is 22.4. The fourth-order valence-corrected chi connectivity index (χ4v) is 2.87. The van der Waals surface area contributed by atoms with Crippen LogP contribution in [-0.2, 0) is 11.2 Å². The van der Waals surface area contributed by atoms with Crippen molar-refractivity contribution in [1.82, 2.24) is 5.32 Å². The molecule has 0 aliphatic carbocycles. The van der Waals surface area contributed by atoms with Gasteiger partial charge in [0.25, 0.3) is 0 Å². The van der Waals surface area contributed by atoms with Crippen molar-refractivity contribution in [3.05, 3.63) is 115 Å². The molecule has 0 bridgehead atoms. The van der Waals surface area contributed by atoms with Crippen molar-refractivity contribution in [3.63, 3.8) is 0 Å². The second-order valence-corrected chi connectivity index (χ2v) is 7.00. The number of para-hydroxylation sites is 2. The van der Waals surface area contributed by atoms with Gasteiger partial charge in [-0.1, -0.05) is 55.1 Å². The van der Waals surface area contributed by atoms with Crippen LogP contribution in [0.4, 0.5) is 11.4 Å². The quantitative estimate of drug-likeness (QED) is 0.180. The lowest BCUT2D eigenvalue weighted by Gasteiger charge is -2.09. The van der Waals surface area contributed by atoms with Gasteiger partial charge in [-0.15, -0.1) is 0 Å². The molecule has 0 fully saturated rings. The van der Waals surface area contributed by atoms with Gasteiger partial charge in [0.15, 0.2) is 5.76 Å². The lowest BCUT2D eigenvalue weighted by Crippen LogP contribution is -2.22. The molecule has 0 saturated carbocycles. The number of carbonyl (C=O) groups is 1. The molecule has 1 amide bonds. The maximum atomic E-state index is 11.2. The second kappa shape index (κ2) is 12.5.